The third-order valence-corrected chi connectivity index (χ3v) is 5.20. The number of hydrogen-bond acceptors (Lipinski definition) is 4. The first kappa shape index (κ1) is 16.1. The van der Waals surface area contributed by atoms with E-state index in [1.165, 1.54) is 0 Å². The lowest BCUT2D eigenvalue weighted by Crippen LogP contribution is -2.47. The minimum Gasteiger partial charge on any atom is -0.488 e. The monoisotopic (exact) mass is 341 g/mol. The zero-order chi connectivity index (χ0) is 17.3. The third-order valence-electron chi connectivity index (χ3n) is 5.20. The summed E-state index contributed by atoms with van der Waals surface area (Å²) in [6.07, 6.45) is 6.11. The van der Waals surface area contributed by atoms with Crippen LogP contribution in [0.3, 0.4) is 0 Å². The number of para-hydroxylation sites is 1. The van der Waals surface area contributed by atoms with E-state index >= 15 is 0 Å². The highest BCUT2D eigenvalue weighted by molar-refractivity contribution is 5.90. The normalized spacial score (nSPS) is 22.3. The highest BCUT2D eigenvalue weighted by Crippen LogP contribution is 2.37. The number of rotatable bonds is 3. The van der Waals surface area contributed by atoms with Crippen LogP contribution in [0.2, 0.25) is 0 Å². The van der Waals surface area contributed by atoms with Crippen molar-refractivity contribution in [3.8, 4) is 5.75 Å². The summed E-state index contributed by atoms with van der Waals surface area (Å²) < 4.78 is 13.9. The van der Waals surface area contributed by atoms with Crippen LogP contribution in [0, 0.1) is 0 Å². The van der Waals surface area contributed by atoms with Gasteiger partial charge in [0.05, 0.1) is 12.2 Å². The summed E-state index contributed by atoms with van der Waals surface area (Å²) in [6.45, 7) is 2.01. The molecule has 132 valence electrons. The predicted molar refractivity (Wildman–Crippen MR) is 92.5 cm³/mol. The van der Waals surface area contributed by atoms with Gasteiger partial charge in [-0.15, -0.1) is 0 Å². The van der Waals surface area contributed by atoms with Gasteiger partial charge in [0, 0.05) is 39.0 Å². The van der Waals surface area contributed by atoms with Crippen LogP contribution in [-0.4, -0.2) is 51.8 Å². The number of benzene rings is 1. The number of aromatic nitrogens is 2. The van der Waals surface area contributed by atoms with Gasteiger partial charge in [0.1, 0.15) is 11.9 Å². The minimum atomic E-state index is -0.155. The molecule has 0 radical (unpaired) electrons. The van der Waals surface area contributed by atoms with Gasteiger partial charge in [0.25, 0.3) is 5.91 Å². The second-order valence-electron chi connectivity index (χ2n) is 6.91. The topological polar surface area (TPSA) is 56.6 Å². The van der Waals surface area contributed by atoms with Gasteiger partial charge in [-0.05, 0) is 25.0 Å². The fraction of sp³-hybridized carbons (Fsp3) is 0.474. The summed E-state index contributed by atoms with van der Waals surface area (Å²) in [7, 11) is 1.84. The van der Waals surface area contributed by atoms with E-state index in [9.17, 15) is 4.79 Å². The van der Waals surface area contributed by atoms with Crippen molar-refractivity contribution in [3.63, 3.8) is 0 Å². The Morgan fingerprint density at radius 3 is 2.72 bits per heavy atom. The SMILES string of the molecule is Cn1ccnc1C(=O)N1CCC2(CC1)CC(Oc1ccccc1)CO2. The molecule has 1 aromatic carbocycles. The first-order valence-electron chi connectivity index (χ1n) is 8.77. The van der Waals surface area contributed by atoms with Crippen molar-refractivity contribution in [2.24, 2.45) is 7.05 Å². The molecular weight excluding hydrogens is 318 g/mol. The molecule has 0 saturated carbocycles. The van der Waals surface area contributed by atoms with E-state index in [1.807, 2.05) is 42.3 Å². The van der Waals surface area contributed by atoms with E-state index in [1.54, 1.807) is 17.0 Å². The molecule has 2 aliphatic heterocycles. The van der Waals surface area contributed by atoms with E-state index < -0.39 is 0 Å². The Bertz CT molecular complexity index is 735. The Morgan fingerprint density at radius 2 is 2.04 bits per heavy atom. The van der Waals surface area contributed by atoms with Gasteiger partial charge in [-0.3, -0.25) is 4.79 Å². The number of nitrogens with zero attached hydrogens (tertiary/aromatic N) is 3. The van der Waals surface area contributed by atoms with Crippen molar-refractivity contribution in [1.29, 1.82) is 0 Å². The van der Waals surface area contributed by atoms with E-state index in [0.717, 1.165) is 25.0 Å². The molecule has 0 aliphatic carbocycles. The van der Waals surface area contributed by atoms with Crippen molar-refractivity contribution in [1.82, 2.24) is 14.5 Å². The molecular formula is C19H23N3O3. The molecule has 1 amide bonds. The second kappa shape index (κ2) is 6.52. The molecule has 2 fully saturated rings. The number of aryl methyl sites for hydroxylation is 1. The molecule has 6 nitrogen and oxygen atoms in total. The quantitative estimate of drug-likeness (QED) is 0.859. The summed E-state index contributed by atoms with van der Waals surface area (Å²) in [6, 6.07) is 9.87. The summed E-state index contributed by atoms with van der Waals surface area (Å²) >= 11 is 0. The van der Waals surface area contributed by atoms with Crippen molar-refractivity contribution >= 4 is 5.91 Å². The van der Waals surface area contributed by atoms with Crippen LogP contribution in [-0.2, 0) is 11.8 Å². The zero-order valence-corrected chi connectivity index (χ0v) is 14.4. The maximum Gasteiger partial charge on any atom is 0.289 e. The molecule has 2 aliphatic rings. The Balaban J connectivity index is 1.34. The lowest BCUT2D eigenvalue weighted by Gasteiger charge is -2.38. The van der Waals surface area contributed by atoms with E-state index in [2.05, 4.69) is 4.98 Å². The fourth-order valence-corrected chi connectivity index (χ4v) is 3.75. The van der Waals surface area contributed by atoms with Gasteiger partial charge < -0.3 is 18.9 Å². The van der Waals surface area contributed by atoms with Crippen LogP contribution in [0.15, 0.2) is 42.7 Å². The van der Waals surface area contributed by atoms with Crippen molar-refractivity contribution in [2.45, 2.75) is 31.0 Å². The Morgan fingerprint density at radius 1 is 1.28 bits per heavy atom. The smallest absolute Gasteiger partial charge is 0.289 e. The van der Waals surface area contributed by atoms with Gasteiger partial charge in [0.2, 0.25) is 0 Å². The third kappa shape index (κ3) is 3.26. The maximum absolute atomic E-state index is 12.6. The van der Waals surface area contributed by atoms with Crippen LogP contribution in [0.5, 0.6) is 5.75 Å². The molecule has 1 unspecified atom stereocenters. The number of carbonyl (C=O) groups excluding carboxylic acids is 1. The van der Waals surface area contributed by atoms with Gasteiger partial charge in [0.15, 0.2) is 5.82 Å². The largest absolute Gasteiger partial charge is 0.488 e. The highest BCUT2D eigenvalue weighted by Gasteiger charge is 2.44. The number of hydrogen-bond donors (Lipinski definition) is 0. The molecule has 4 rings (SSSR count). The molecule has 6 heteroatoms. The first-order valence-corrected chi connectivity index (χ1v) is 8.77. The first-order chi connectivity index (χ1) is 12.2. The van der Waals surface area contributed by atoms with Crippen molar-refractivity contribution in [2.75, 3.05) is 19.7 Å². The number of carbonyl (C=O) groups is 1. The van der Waals surface area contributed by atoms with Crippen LogP contribution in [0.25, 0.3) is 0 Å². The number of likely N-dealkylation sites (tertiary alicyclic amines) is 1. The van der Waals surface area contributed by atoms with Crippen LogP contribution in [0.4, 0.5) is 0 Å². The summed E-state index contributed by atoms with van der Waals surface area (Å²) in [5.74, 6) is 1.38. The summed E-state index contributed by atoms with van der Waals surface area (Å²) in [4.78, 5) is 18.6. The molecule has 0 N–H and O–H groups in total. The average molecular weight is 341 g/mol. The number of ether oxygens (including phenoxy) is 2. The average Bonchev–Trinajstić information content (AvgIpc) is 3.23. The van der Waals surface area contributed by atoms with Gasteiger partial charge in [-0.25, -0.2) is 4.98 Å². The lowest BCUT2D eigenvalue weighted by atomic mass is 9.88. The molecule has 1 spiro atoms. The second-order valence-corrected chi connectivity index (χ2v) is 6.91. The lowest BCUT2D eigenvalue weighted by molar-refractivity contribution is -0.0397. The predicted octanol–water partition coefficient (Wildman–Crippen LogP) is 2.26. The number of piperidine rings is 1. The van der Waals surface area contributed by atoms with Crippen LogP contribution < -0.4 is 4.74 Å². The molecule has 2 aromatic rings. The molecule has 0 bridgehead atoms. The van der Waals surface area contributed by atoms with Gasteiger partial charge in [-0.2, -0.15) is 0 Å². The standard InChI is InChI=1S/C19H23N3O3/c1-21-12-9-20-17(21)18(23)22-10-7-19(8-11-22)13-16(14-24-19)25-15-5-3-2-4-6-15/h2-6,9,12,16H,7-8,10-11,13-14H2,1H3. The van der Waals surface area contributed by atoms with Gasteiger partial charge >= 0.3 is 0 Å². The molecule has 25 heavy (non-hydrogen) atoms. The van der Waals surface area contributed by atoms with Crippen LogP contribution in [0.1, 0.15) is 29.9 Å². The fourth-order valence-electron chi connectivity index (χ4n) is 3.75. The molecule has 1 aromatic heterocycles. The number of imidazole rings is 1. The Labute approximate surface area is 147 Å². The summed E-state index contributed by atoms with van der Waals surface area (Å²) in [5.41, 5.74) is -0.155. The zero-order valence-electron chi connectivity index (χ0n) is 14.4. The van der Waals surface area contributed by atoms with Crippen LogP contribution >= 0.6 is 0 Å². The Hall–Kier alpha value is -2.34. The molecule has 3 heterocycles. The van der Waals surface area contributed by atoms with E-state index in [4.69, 9.17) is 9.47 Å². The Kier molecular flexibility index (Phi) is 4.21. The van der Waals surface area contributed by atoms with E-state index in [0.29, 0.717) is 25.5 Å². The highest BCUT2D eigenvalue weighted by atomic mass is 16.6. The van der Waals surface area contributed by atoms with Gasteiger partial charge in [-0.1, -0.05) is 18.2 Å². The maximum atomic E-state index is 12.6. The molecule has 2 saturated heterocycles. The van der Waals surface area contributed by atoms with Crippen molar-refractivity contribution < 1.29 is 14.3 Å². The van der Waals surface area contributed by atoms with Crippen molar-refractivity contribution in [3.05, 3.63) is 48.5 Å². The summed E-state index contributed by atoms with van der Waals surface area (Å²) in [5, 5.41) is 0. The molecule has 1 atom stereocenters. The minimum absolute atomic E-state index is 0.00238. The number of amides is 1. The van der Waals surface area contributed by atoms with E-state index in [-0.39, 0.29) is 17.6 Å².